The standard InChI is InChI=1S/C20H17N3O4/c1-14(24)18(20(26)23-27)22-19(25)17-8-6-15(7-9-17)4-2-3-5-16-10-12-21-13-11-16/h6-14,18,24,27H,1H3,(H,22,25)(H,23,26)/t14-,18+/m1/s1. The predicted octanol–water partition coefficient (Wildman–Crippen LogP) is 0.469. The highest BCUT2D eigenvalue weighted by Crippen LogP contribution is 2.05. The zero-order chi connectivity index (χ0) is 19.6. The number of amides is 2. The van der Waals surface area contributed by atoms with Gasteiger partial charge in [0.25, 0.3) is 11.8 Å². The quantitative estimate of drug-likeness (QED) is 0.358. The van der Waals surface area contributed by atoms with E-state index in [4.69, 9.17) is 5.21 Å². The Labute approximate surface area is 156 Å². The topological polar surface area (TPSA) is 112 Å². The van der Waals surface area contributed by atoms with Crippen molar-refractivity contribution in [3.8, 4) is 23.7 Å². The summed E-state index contributed by atoms with van der Waals surface area (Å²) in [6.07, 6.45) is 2.12. The van der Waals surface area contributed by atoms with Gasteiger partial charge in [0.2, 0.25) is 0 Å². The molecule has 0 saturated carbocycles. The van der Waals surface area contributed by atoms with Gasteiger partial charge in [0.05, 0.1) is 6.10 Å². The lowest BCUT2D eigenvalue weighted by molar-refractivity contribution is -0.133. The largest absolute Gasteiger partial charge is 0.391 e. The van der Waals surface area contributed by atoms with Gasteiger partial charge in [-0.2, -0.15) is 0 Å². The Morgan fingerprint density at radius 1 is 1.00 bits per heavy atom. The molecule has 0 spiro atoms. The van der Waals surface area contributed by atoms with Gasteiger partial charge in [-0.05, 0) is 55.2 Å². The summed E-state index contributed by atoms with van der Waals surface area (Å²) in [6.45, 7) is 1.33. The molecule has 7 heteroatoms. The average Bonchev–Trinajstić information content (AvgIpc) is 2.69. The Hall–Kier alpha value is -3.65. The van der Waals surface area contributed by atoms with Crippen LogP contribution in [0, 0.1) is 23.7 Å². The van der Waals surface area contributed by atoms with E-state index in [1.165, 1.54) is 24.5 Å². The van der Waals surface area contributed by atoms with Crippen LogP contribution < -0.4 is 10.8 Å². The summed E-state index contributed by atoms with van der Waals surface area (Å²) in [4.78, 5) is 27.5. The van der Waals surface area contributed by atoms with Gasteiger partial charge in [0.15, 0.2) is 0 Å². The summed E-state index contributed by atoms with van der Waals surface area (Å²) in [5.74, 6) is 9.72. The molecule has 27 heavy (non-hydrogen) atoms. The molecule has 1 heterocycles. The van der Waals surface area contributed by atoms with Crippen LogP contribution in [0.5, 0.6) is 0 Å². The average molecular weight is 363 g/mol. The first kappa shape index (κ1) is 19.7. The van der Waals surface area contributed by atoms with E-state index in [0.717, 1.165) is 5.56 Å². The molecule has 4 N–H and O–H groups in total. The summed E-state index contributed by atoms with van der Waals surface area (Å²) in [5.41, 5.74) is 3.16. The maximum Gasteiger partial charge on any atom is 0.268 e. The summed E-state index contributed by atoms with van der Waals surface area (Å²) in [7, 11) is 0. The number of nitrogens with zero attached hydrogens (tertiary/aromatic N) is 1. The van der Waals surface area contributed by atoms with Crippen molar-refractivity contribution < 1.29 is 19.9 Å². The number of carbonyl (C=O) groups is 2. The van der Waals surface area contributed by atoms with Crippen LogP contribution in [0.2, 0.25) is 0 Å². The maximum atomic E-state index is 12.2. The van der Waals surface area contributed by atoms with E-state index in [1.54, 1.807) is 36.7 Å². The summed E-state index contributed by atoms with van der Waals surface area (Å²) >= 11 is 0. The second kappa shape index (κ2) is 9.73. The molecule has 1 aromatic heterocycles. The summed E-state index contributed by atoms with van der Waals surface area (Å²) < 4.78 is 0. The molecule has 0 saturated heterocycles. The van der Waals surface area contributed by atoms with Crippen molar-refractivity contribution in [1.82, 2.24) is 15.8 Å². The van der Waals surface area contributed by atoms with E-state index in [1.807, 2.05) is 0 Å². The number of hydroxylamine groups is 1. The third-order valence-electron chi connectivity index (χ3n) is 3.47. The minimum atomic E-state index is -1.27. The monoisotopic (exact) mass is 363 g/mol. The van der Waals surface area contributed by atoms with Crippen LogP contribution >= 0.6 is 0 Å². The predicted molar refractivity (Wildman–Crippen MR) is 97.3 cm³/mol. The first-order valence-electron chi connectivity index (χ1n) is 7.96. The van der Waals surface area contributed by atoms with Crippen LogP contribution in [0.15, 0.2) is 48.8 Å². The number of aliphatic hydroxyl groups is 1. The molecule has 2 atom stereocenters. The van der Waals surface area contributed by atoms with Crippen LogP contribution in [0.1, 0.15) is 28.4 Å². The van der Waals surface area contributed by atoms with Crippen LogP contribution in [0.25, 0.3) is 0 Å². The van der Waals surface area contributed by atoms with Crippen LogP contribution in [0.4, 0.5) is 0 Å². The molecule has 0 aliphatic carbocycles. The Morgan fingerprint density at radius 2 is 1.56 bits per heavy atom. The lowest BCUT2D eigenvalue weighted by atomic mass is 10.1. The Bertz CT molecular complexity index is 917. The van der Waals surface area contributed by atoms with Crippen molar-refractivity contribution in [3.63, 3.8) is 0 Å². The number of pyridine rings is 1. The zero-order valence-corrected chi connectivity index (χ0v) is 14.4. The fourth-order valence-electron chi connectivity index (χ4n) is 2.05. The van der Waals surface area contributed by atoms with Gasteiger partial charge in [-0.3, -0.25) is 19.8 Å². The first-order chi connectivity index (χ1) is 13.0. The second-order valence-corrected chi connectivity index (χ2v) is 5.48. The van der Waals surface area contributed by atoms with Crippen molar-refractivity contribution >= 4 is 11.8 Å². The molecule has 0 unspecified atom stereocenters. The van der Waals surface area contributed by atoms with E-state index >= 15 is 0 Å². The number of aromatic nitrogens is 1. The molecule has 0 radical (unpaired) electrons. The third kappa shape index (κ3) is 5.98. The molecule has 0 aliphatic heterocycles. The third-order valence-corrected chi connectivity index (χ3v) is 3.47. The highest BCUT2D eigenvalue weighted by molar-refractivity contribution is 5.97. The number of aliphatic hydroxyl groups excluding tert-OH is 1. The molecular weight excluding hydrogens is 346 g/mol. The smallest absolute Gasteiger partial charge is 0.268 e. The van der Waals surface area contributed by atoms with Crippen molar-refractivity contribution in [3.05, 3.63) is 65.5 Å². The maximum absolute atomic E-state index is 12.2. The lowest BCUT2D eigenvalue weighted by Gasteiger charge is -2.19. The molecule has 2 aromatic rings. The van der Waals surface area contributed by atoms with Gasteiger partial charge < -0.3 is 10.4 Å². The Balaban J connectivity index is 2.03. The molecule has 0 fully saturated rings. The molecule has 0 bridgehead atoms. The molecule has 136 valence electrons. The van der Waals surface area contributed by atoms with Gasteiger partial charge in [-0.25, -0.2) is 5.48 Å². The summed E-state index contributed by atoms with van der Waals surface area (Å²) in [5, 5.41) is 20.5. The minimum absolute atomic E-state index is 0.278. The zero-order valence-electron chi connectivity index (χ0n) is 14.4. The van der Waals surface area contributed by atoms with Crippen LogP contribution in [0.3, 0.4) is 0 Å². The number of hydrogen-bond acceptors (Lipinski definition) is 5. The van der Waals surface area contributed by atoms with Crippen molar-refractivity contribution in [2.45, 2.75) is 19.1 Å². The Morgan fingerprint density at radius 3 is 2.07 bits per heavy atom. The minimum Gasteiger partial charge on any atom is -0.391 e. The van der Waals surface area contributed by atoms with E-state index in [-0.39, 0.29) is 5.56 Å². The van der Waals surface area contributed by atoms with E-state index in [2.05, 4.69) is 34.0 Å². The molecule has 0 aliphatic rings. The molecule has 1 aromatic carbocycles. The first-order valence-corrected chi connectivity index (χ1v) is 7.96. The number of hydrogen-bond donors (Lipinski definition) is 4. The molecule has 7 nitrogen and oxygen atoms in total. The van der Waals surface area contributed by atoms with Gasteiger partial charge >= 0.3 is 0 Å². The SMILES string of the molecule is C[C@@H](O)[C@H](NC(=O)c1ccc(C#CC#Cc2ccncc2)cc1)C(=O)NO. The highest BCUT2D eigenvalue weighted by Gasteiger charge is 2.25. The molecule has 2 rings (SSSR count). The van der Waals surface area contributed by atoms with Crippen molar-refractivity contribution in [2.75, 3.05) is 0 Å². The van der Waals surface area contributed by atoms with E-state index in [9.17, 15) is 14.7 Å². The number of rotatable bonds is 4. The van der Waals surface area contributed by atoms with Gasteiger partial charge in [0.1, 0.15) is 6.04 Å². The number of nitrogens with one attached hydrogen (secondary N) is 2. The normalized spacial score (nSPS) is 11.7. The fourth-order valence-corrected chi connectivity index (χ4v) is 2.05. The number of carbonyl (C=O) groups excluding carboxylic acids is 2. The second-order valence-electron chi connectivity index (χ2n) is 5.48. The van der Waals surface area contributed by atoms with Crippen molar-refractivity contribution in [2.24, 2.45) is 0 Å². The molecular formula is C20H17N3O4. The van der Waals surface area contributed by atoms with E-state index < -0.39 is 24.0 Å². The van der Waals surface area contributed by atoms with Crippen molar-refractivity contribution in [1.29, 1.82) is 0 Å². The Kier molecular flexibility index (Phi) is 7.09. The van der Waals surface area contributed by atoms with Gasteiger partial charge in [-0.15, -0.1) is 0 Å². The lowest BCUT2D eigenvalue weighted by Crippen LogP contribution is -2.51. The van der Waals surface area contributed by atoms with Crippen LogP contribution in [-0.2, 0) is 4.79 Å². The highest BCUT2D eigenvalue weighted by atomic mass is 16.5. The summed E-state index contributed by atoms with van der Waals surface area (Å²) in [6, 6.07) is 8.63. The van der Waals surface area contributed by atoms with Crippen LogP contribution in [-0.4, -0.2) is 39.3 Å². The van der Waals surface area contributed by atoms with Gasteiger partial charge in [0, 0.05) is 29.1 Å². The number of benzene rings is 1. The molecule has 2 amide bonds. The van der Waals surface area contributed by atoms with E-state index in [0.29, 0.717) is 5.56 Å². The fraction of sp³-hybridized carbons (Fsp3) is 0.150. The van der Waals surface area contributed by atoms with Gasteiger partial charge in [-0.1, -0.05) is 11.8 Å².